The van der Waals surface area contributed by atoms with Crippen LogP contribution < -0.4 is 10.6 Å². The smallest absolute Gasteiger partial charge is 0.335 e. The monoisotopic (exact) mass is 263 g/mol. The Balaban J connectivity index is 2.20. The van der Waals surface area contributed by atoms with E-state index in [2.05, 4.69) is 16.8 Å². The highest BCUT2D eigenvalue weighted by Gasteiger charge is 2.22. The van der Waals surface area contributed by atoms with Gasteiger partial charge in [0.2, 0.25) is 0 Å². The molecular formula is C14H21N3O2. The molecule has 0 atom stereocenters. The van der Waals surface area contributed by atoms with Gasteiger partial charge in [-0.3, -0.25) is 0 Å². The highest BCUT2D eigenvalue weighted by Crippen LogP contribution is 2.28. The molecule has 0 unspecified atom stereocenters. The third-order valence-electron chi connectivity index (χ3n) is 3.89. The van der Waals surface area contributed by atoms with Gasteiger partial charge in [0.05, 0.1) is 16.9 Å². The summed E-state index contributed by atoms with van der Waals surface area (Å²) in [5.41, 5.74) is 7.71. The fourth-order valence-corrected chi connectivity index (χ4v) is 2.56. The summed E-state index contributed by atoms with van der Waals surface area (Å²) >= 11 is 0. The average Bonchev–Trinajstić information content (AvgIpc) is 2.39. The maximum absolute atomic E-state index is 11.0. The quantitative estimate of drug-likeness (QED) is 0.809. The highest BCUT2D eigenvalue weighted by molar-refractivity contribution is 5.90. The Hall–Kier alpha value is -1.75. The Kier molecular flexibility index (Phi) is 3.95. The molecular weight excluding hydrogens is 242 g/mol. The fourth-order valence-electron chi connectivity index (χ4n) is 2.56. The van der Waals surface area contributed by atoms with Crippen molar-refractivity contribution in [2.45, 2.75) is 18.9 Å². The molecule has 0 aliphatic carbocycles. The maximum Gasteiger partial charge on any atom is 0.335 e. The van der Waals surface area contributed by atoms with Crippen molar-refractivity contribution in [1.82, 2.24) is 4.90 Å². The normalized spacial score (nSPS) is 17.4. The van der Waals surface area contributed by atoms with Crippen molar-refractivity contribution in [3.63, 3.8) is 0 Å². The van der Waals surface area contributed by atoms with Crippen LogP contribution in [0.4, 0.5) is 11.4 Å². The summed E-state index contributed by atoms with van der Waals surface area (Å²) in [6.07, 6.45) is 2.15. The number of carbonyl (C=O) groups is 1. The first-order valence-electron chi connectivity index (χ1n) is 6.53. The minimum atomic E-state index is -0.918. The summed E-state index contributed by atoms with van der Waals surface area (Å²) in [6.45, 7) is 2.13. The third kappa shape index (κ3) is 2.98. The number of carboxylic acid groups (broad SMARTS) is 1. The van der Waals surface area contributed by atoms with Gasteiger partial charge in [0.1, 0.15) is 0 Å². The molecule has 3 N–H and O–H groups in total. The molecule has 19 heavy (non-hydrogen) atoms. The van der Waals surface area contributed by atoms with Gasteiger partial charge < -0.3 is 20.6 Å². The van der Waals surface area contributed by atoms with Crippen molar-refractivity contribution in [1.29, 1.82) is 0 Å². The number of hydrogen-bond acceptors (Lipinski definition) is 4. The molecule has 1 aliphatic heterocycles. The molecule has 5 heteroatoms. The van der Waals surface area contributed by atoms with E-state index in [9.17, 15) is 4.79 Å². The second-order valence-corrected chi connectivity index (χ2v) is 5.22. The van der Waals surface area contributed by atoms with Gasteiger partial charge in [0, 0.05) is 13.1 Å². The van der Waals surface area contributed by atoms with E-state index >= 15 is 0 Å². The van der Waals surface area contributed by atoms with Gasteiger partial charge in [-0.15, -0.1) is 0 Å². The van der Waals surface area contributed by atoms with Gasteiger partial charge in [-0.2, -0.15) is 0 Å². The summed E-state index contributed by atoms with van der Waals surface area (Å²) in [4.78, 5) is 15.5. The van der Waals surface area contributed by atoms with Crippen LogP contribution in [-0.2, 0) is 0 Å². The Labute approximate surface area is 113 Å². The van der Waals surface area contributed by atoms with Crippen LogP contribution in [0, 0.1) is 0 Å². The van der Waals surface area contributed by atoms with Crippen LogP contribution >= 0.6 is 0 Å². The number of anilines is 2. The number of rotatable bonds is 3. The van der Waals surface area contributed by atoms with Crippen molar-refractivity contribution in [3.05, 3.63) is 23.8 Å². The number of aromatic carboxylic acids is 1. The summed E-state index contributed by atoms with van der Waals surface area (Å²) in [6, 6.07) is 5.30. The Morgan fingerprint density at radius 3 is 2.63 bits per heavy atom. The van der Waals surface area contributed by atoms with Crippen LogP contribution in [0.3, 0.4) is 0 Å². The highest BCUT2D eigenvalue weighted by atomic mass is 16.4. The van der Waals surface area contributed by atoms with Crippen molar-refractivity contribution in [2.75, 3.05) is 37.8 Å². The first kappa shape index (κ1) is 13.7. The largest absolute Gasteiger partial charge is 0.478 e. The molecule has 1 aromatic carbocycles. The van der Waals surface area contributed by atoms with Crippen LogP contribution in [0.15, 0.2) is 18.2 Å². The van der Waals surface area contributed by atoms with E-state index in [4.69, 9.17) is 10.8 Å². The second kappa shape index (κ2) is 5.48. The molecule has 104 valence electrons. The predicted molar refractivity (Wildman–Crippen MR) is 76.7 cm³/mol. The average molecular weight is 263 g/mol. The number of nitrogens with zero attached hydrogens (tertiary/aromatic N) is 2. The maximum atomic E-state index is 11.0. The standard InChI is InChI=1S/C14H21N3O2/c1-16-7-5-11(6-8-16)17(2)13-9-10(14(18)19)3-4-12(13)15/h3-4,9,11H,5-8,15H2,1-2H3,(H,18,19). The van der Waals surface area contributed by atoms with Gasteiger partial charge in [-0.05, 0) is 51.2 Å². The number of nitrogen functional groups attached to an aromatic ring is 1. The predicted octanol–water partition coefficient (Wildman–Crippen LogP) is 1.50. The lowest BCUT2D eigenvalue weighted by molar-refractivity contribution is 0.0697. The van der Waals surface area contributed by atoms with Crippen LogP contribution in [0.2, 0.25) is 0 Å². The van der Waals surface area contributed by atoms with Crippen molar-refractivity contribution in [2.24, 2.45) is 0 Å². The number of benzene rings is 1. The van der Waals surface area contributed by atoms with Gasteiger partial charge in [-0.1, -0.05) is 0 Å². The van der Waals surface area contributed by atoms with E-state index in [1.807, 2.05) is 7.05 Å². The zero-order valence-electron chi connectivity index (χ0n) is 11.5. The minimum Gasteiger partial charge on any atom is -0.478 e. The van der Waals surface area contributed by atoms with Crippen molar-refractivity contribution in [3.8, 4) is 0 Å². The molecule has 5 nitrogen and oxygen atoms in total. The molecule has 0 saturated carbocycles. The summed E-state index contributed by atoms with van der Waals surface area (Å²) in [5, 5.41) is 9.06. The lowest BCUT2D eigenvalue weighted by Crippen LogP contribution is -2.42. The topological polar surface area (TPSA) is 69.8 Å². The molecule has 1 saturated heterocycles. The van der Waals surface area contributed by atoms with E-state index in [0.717, 1.165) is 31.6 Å². The van der Waals surface area contributed by atoms with E-state index in [-0.39, 0.29) is 5.56 Å². The van der Waals surface area contributed by atoms with Crippen LogP contribution in [0.1, 0.15) is 23.2 Å². The second-order valence-electron chi connectivity index (χ2n) is 5.22. The summed E-state index contributed by atoms with van der Waals surface area (Å²) < 4.78 is 0. The van der Waals surface area contributed by atoms with Crippen molar-refractivity contribution < 1.29 is 9.90 Å². The zero-order chi connectivity index (χ0) is 14.0. The van der Waals surface area contributed by atoms with E-state index in [1.54, 1.807) is 18.2 Å². The van der Waals surface area contributed by atoms with Gasteiger partial charge in [0.15, 0.2) is 0 Å². The third-order valence-corrected chi connectivity index (χ3v) is 3.89. The van der Waals surface area contributed by atoms with E-state index < -0.39 is 5.97 Å². The van der Waals surface area contributed by atoms with Gasteiger partial charge in [0.25, 0.3) is 0 Å². The molecule has 0 spiro atoms. The summed E-state index contributed by atoms with van der Waals surface area (Å²) in [7, 11) is 4.11. The molecule has 1 fully saturated rings. The molecule has 1 aromatic rings. The van der Waals surface area contributed by atoms with Crippen molar-refractivity contribution >= 4 is 17.3 Å². The fraction of sp³-hybridized carbons (Fsp3) is 0.500. The molecule has 2 rings (SSSR count). The summed E-state index contributed by atoms with van der Waals surface area (Å²) in [5.74, 6) is -0.918. The number of nitrogens with two attached hydrogens (primary N) is 1. The molecule has 0 bridgehead atoms. The number of carboxylic acids is 1. The van der Waals surface area contributed by atoms with E-state index in [1.165, 1.54) is 0 Å². The first-order chi connectivity index (χ1) is 8.99. The molecule has 1 aliphatic rings. The number of hydrogen-bond donors (Lipinski definition) is 2. The molecule has 0 aromatic heterocycles. The van der Waals surface area contributed by atoms with Gasteiger partial charge >= 0.3 is 5.97 Å². The molecule has 0 radical (unpaired) electrons. The number of piperidine rings is 1. The molecule has 1 heterocycles. The Bertz CT molecular complexity index is 468. The van der Waals surface area contributed by atoms with Crippen LogP contribution in [-0.4, -0.2) is 49.2 Å². The Morgan fingerprint density at radius 1 is 1.42 bits per heavy atom. The number of likely N-dealkylation sites (tertiary alicyclic amines) is 1. The lowest BCUT2D eigenvalue weighted by atomic mass is 10.0. The zero-order valence-corrected chi connectivity index (χ0v) is 11.5. The van der Waals surface area contributed by atoms with Gasteiger partial charge in [-0.25, -0.2) is 4.79 Å². The van der Waals surface area contributed by atoms with E-state index in [0.29, 0.717) is 11.7 Å². The molecule has 0 amide bonds. The Morgan fingerprint density at radius 2 is 2.05 bits per heavy atom. The van der Waals surface area contributed by atoms with Crippen LogP contribution in [0.5, 0.6) is 0 Å². The van der Waals surface area contributed by atoms with Crippen LogP contribution in [0.25, 0.3) is 0 Å². The minimum absolute atomic E-state index is 0.281. The first-order valence-corrected chi connectivity index (χ1v) is 6.53. The SMILES string of the molecule is CN1CCC(N(C)c2cc(C(=O)O)ccc2N)CC1. The lowest BCUT2D eigenvalue weighted by Gasteiger charge is -2.37.